The molecule has 3 aromatic carbocycles. The molecule has 1 saturated heterocycles. The lowest BCUT2D eigenvalue weighted by Crippen LogP contribution is -2.45. The minimum absolute atomic E-state index is 0.0645. The topological polar surface area (TPSA) is 123 Å². The van der Waals surface area contributed by atoms with E-state index in [9.17, 15) is 19.2 Å². The number of methoxy groups -OCH3 is 2. The zero-order chi connectivity index (χ0) is 27.8. The molecule has 4 rings (SSSR count). The van der Waals surface area contributed by atoms with Gasteiger partial charge in [0, 0.05) is 12.5 Å². The predicted molar refractivity (Wildman–Crippen MR) is 142 cm³/mol. The molecule has 0 spiro atoms. The highest BCUT2D eigenvalue weighted by Crippen LogP contribution is 2.29. The van der Waals surface area contributed by atoms with Crippen LogP contribution in [0, 0.1) is 5.92 Å². The van der Waals surface area contributed by atoms with Gasteiger partial charge in [0.25, 0.3) is 11.8 Å². The second-order valence-corrected chi connectivity index (χ2v) is 8.86. The van der Waals surface area contributed by atoms with Gasteiger partial charge in [0.2, 0.25) is 5.91 Å². The lowest BCUT2D eigenvalue weighted by Gasteiger charge is -2.23. The minimum atomic E-state index is -0.830. The molecule has 202 valence electrons. The van der Waals surface area contributed by atoms with Crippen molar-refractivity contribution in [3.63, 3.8) is 0 Å². The van der Waals surface area contributed by atoms with E-state index in [0.717, 1.165) is 16.1 Å². The van der Waals surface area contributed by atoms with E-state index < -0.39 is 42.1 Å². The van der Waals surface area contributed by atoms with Crippen LogP contribution in [0.15, 0.2) is 78.9 Å². The molecule has 10 heteroatoms. The lowest BCUT2D eigenvalue weighted by molar-refractivity contribution is -0.151. The number of esters is 1. The van der Waals surface area contributed by atoms with Gasteiger partial charge in [-0.2, -0.15) is 0 Å². The van der Waals surface area contributed by atoms with E-state index in [1.54, 1.807) is 18.2 Å². The van der Waals surface area contributed by atoms with Gasteiger partial charge >= 0.3 is 5.97 Å². The molecular formula is C29H29N3O7. The summed E-state index contributed by atoms with van der Waals surface area (Å²) in [5.74, 6) is -2.68. The lowest BCUT2D eigenvalue weighted by atomic mass is 9.91. The van der Waals surface area contributed by atoms with Gasteiger partial charge in [-0.1, -0.05) is 60.7 Å². The molecule has 0 radical (unpaired) electrons. The van der Waals surface area contributed by atoms with E-state index in [2.05, 4.69) is 10.7 Å². The molecule has 3 amide bonds. The van der Waals surface area contributed by atoms with E-state index in [0.29, 0.717) is 17.2 Å². The Labute approximate surface area is 225 Å². The van der Waals surface area contributed by atoms with Crippen molar-refractivity contribution in [2.45, 2.75) is 12.3 Å². The van der Waals surface area contributed by atoms with Gasteiger partial charge in [-0.05, 0) is 23.3 Å². The summed E-state index contributed by atoms with van der Waals surface area (Å²) >= 11 is 0. The Morgan fingerprint density at radius 2 is 1.56 bits per heavy atom. The number of carbonyl (C=O) groups is 4. The third-order valence-corrected chi connectivity index (χ3v) is 6.26. The number of benzene rings is 3. The first kappa shape index (κ1) is 27.2. The first-order valence-corrected chi connectivity index (χ1v) is 12.3. The number of nitrogens with one attached hydrogen (secondary N) is 2. The third-order valence-electron chi connectivity index (χ3n) is 6.26. The van der Waals surface area contributed by atoms with E-state index in [4.69, 9.17) is 14.2 Å². The monoisotopic (exact) mass is 531 g/mol. The maximum Gasteiger partial charge on any atom is 0.311 e. The van der Waals surface area contributed by atoms with E-state index in [1.807, 2.05) is 60.7 Å². The SMILES string of the molecule is COc1ccc(OC)c(NC(=O)COC(=O)[C@@H]2CC(=O)N(NC(=O)C(c3ccccc3)c3ccccc3)C2)c1. The number of rotatable bonds is 10. The summed E-state index contributed by atoms with van der Waals surface area (Å²) < 4.78 is 15.5. The van der Waals surface area contributed by atoms with Gasteiger partial charge in [-0.25, -0.2) is 0 Å². The van der Waals surface area contributed by atoms with Crippen molar-refractivity contribution in [1.82, 2.24) is 10.4 Å². The van der Waals surface area contributed by atoms with Crippen molar-refractivity contribution < 1.29 is 33.4 Å². The molecule has 0 aliphatic carbocycles. The molecule has 1 aliphatic heterocycles. The summed E-state index contributed by atoms with van der Waals surface area (Å²) in [7, 11) is 2.95. The van der Waals surface area contributed by atoms with Crippen LogP contribution in [0.5, 0.6) is 11.5 Å². The quantitative estimate of drug-likeness (QED) is 0.386. The highest BCUT2D eigenvalue weighted by Gasteiger charge is 2.38. The fraction of sp³-hybridized carbons (Fsp3) is 0.241. The van der Waals surface area contributed by atoms with Crippen LogP contribution < -0.4 is 20.2 Å². The van der Waals surface area contributed by atoms with Crippen LogP contribution in [0.25, 0.3) is 0 Å². The molecule has 3 aromatic rings. The minimum Gasteiger partial charge on any atom is -0.497 e. The fourth-order valence-electron chi connectivity index (χ4n) is 4.31. The van der Waals surface area contributed by atoms with Gasteiger partial charge in [-0.3, -0.25) is 29.6 Å². The molecule has 1 aliphatic rings. The molecular weight excluding hydrogens is 502 g/mol. The van der Waals surface area contributed by atoms with Crippen LogP contribution in [0.1, 0.15) is 23.5 Å². The first-order chi connectivity index (χ1) is 18.9. The van der Waals surface area contributed by atoms with Crippen molar-refractivity contribution in [2.75, 3.05) is 32.7 Å². The van der Waals surface area contributed by atoms with Gasteiger partial charge in [-0.15, -0.1) is 0 Å². The summed E-state index contributed by atoms with van der Waals surface area (Å²) in [6, 6.07) is 23.3. The molecule has 1 fully saturated rings. The molecule has 0 saturated carbocycles. The Morgan fingerprint density at radius 1 is 0.923 bits per heavy atom. The van der Waals surface area contributed by atoms with E-state index >= 15 is 0 Å². The molecule has 0 bridgehead atoms. The Bertz CT molecular complexity index is 1290. The Hall–Kier alpha value is -4.86. The standard InChI is InChI=1S/C29H29N3O7/c1-37-22-13-14-24(38-2)23(16-22)30-25(33)18-39-29(36)21-15-26(34)32(17-21)31-28(35)27(19-9-5-3-6-10-19)20-11-7-4-8-12-20/h3-14,16,21,27H,15,17-18H2,1-2H3,(H,30,33)(H,31,35)/t21-/m1/s1. The third kappa shape index (κ3) is 6.72. The van der Waals surface area contributed by atoms with Crippen LogP contribution in [0.4, 0.5) is 5.69 Å². The number of hydrogen-bond acceptors (Lipinski definition) is 7. The Kier molecular flexibility index (Phi) is 8.78. The van der Waals surface area contributed by atoms with Gasteiger partial charge in [0.15, 0.2) is 6.61 Å². The van der Waals surface area contributed by atoms with Crippen LogP contribution in [0.2, 0.25) is 0 Å². The molecule has 2 N–H and O–H groups in total. The maximum absolute atomic E-state index is 13.3. The van der Waals surface area contributed by atoms with Gasteiger partial charge < -0.3 is 19.5 Å². The number of nitrogens with zero attached hydrogens (tertiary/aromatic N) is 1. The fourth-order valence-corrected chi connectivity index (χ4v) is 4.31. The summed E-state index contributed by atoms with van der Waals surface area (Å²) in [4.78, 5) is 51.0. The zero-order valence-corrected chi connectivity index (χ0v) is 21.6. The van der Waals surface area contributed by atoms with Gasteiger partial charge in [0.05, 0.1) is 38.3 Å². The Morgan fingerprint density at radius 3 is 2.15 bits per heavy atom. The summed E-state index contributed by atoms with van der Waals surface area (Å²) in [6.45, 7) is -0.620. The summed E-state index contributed by atoms with van der Waals surface area (Å²) in [6.07, 6.45) is -0.147. The highest BCUT2D eigenvalue weighted by atomic mass is 16.5. The smallest absolute Gasteiger partial charge is 0.311 e. The highest BCUT2D eigenvalue weighted by molar-refractivity contribution is 5.95. The van der Waals surface area contributed by atoms with E-state index in [1.165, 1.54) is 14.2 Å². The first-order valence-electron chi connectivity index (χ1n) is 12.3. The normalized spacial score (nSPS) is 14.6. The maximum atomic E-state index is 13.3. The van der Waals surface area contributed by atoms with Crippen molar-refractivity contribution in [1.29, 1.82) is 0 Å². The number of anilines is 1. The number of hydrazine groups is 1. The molecule has 39 heavy (non-hydrogen) atoms. The number of hydrogen-bond donors (Lipinski definition) is 2. The summed E-state index contributed by atoms with van der Waals surface area (Å²) in [5.41, 5.74) is 4.55. The number of carbonyl (C=O) groups excluding carboxylic acids is 4. The number of amides is 3. The second-order valence-electron chi connectivity index (χ2n) is 8.86. The van der Waals surface area contributed by atoms with Crippen LogP contribution in [0.3, 0.4) is 0 Å². The largest absolute Gasteiger partial charge is 0.497 e. The van der Waals surface area contributed by atoms with Crippen molar-refractivity contribution in [3.8, 4) is 11.5 Å². The molecule has 10 nitrogen and oxygen atoms in total. The van der Waals surface area contributed by atoms with Crippen molar-refractivity contribution in [3.05, 3.63) is 90.0 Å². The van der Waals surface area contributed by atoms with Crippen LogP contribution in [-0.2, 0) is 23.9 Å². The van der Waals surface area contributed by atoms with Crippen LogP contribution >= 0.6 is 0 Å². The molecule has 1 atom stereocenters. The number of ether oxygens (including phenoxy) is 3. The Balaban J connectivity index is 1.34. The average Bonchev–Trinajstić information content (AvgIpc) is 3.32. The molecule has 1 heterocycles. The molecule has 0 aromatic heterocycles. The van der Waals surface area contributed by atoms with Crippen molar-refractivity contribution >= 4 is 29.4 Å². The van der Waals surface area contributed by atoms with E-state index in [-0.39, 0.29) is 13.0 Å². The zero-order valence-electron chi connectivity index (χ0n) is 21.6. The second kappa shape index (κ2) is 12.6. The average molecular weight is 532 g/mol. The van der Waals surface area contributed by atoms with Crippen molar-refractivity contribution in [2.24, 2.45) is 5.92 Å². The summed E-state index contributed by atoms with van der Waals surface area (Å²) in [5, 5.41) is 3.75. The van der Waals surface area contributed by atoms with Gasteiger partial charge in [0.1, 0.15) is 11.5 Å². The predicted octanol–water partition coefficient (Wildman–Crippen LogP) is 2.90. The van der Waals surface area contributed by atoms with Crippen LogP contribution in [-0.4, -0.2) is 56.1 Å². The molecule has 0 unspecified atom stereocenters.